The van der Waals surface area contributed by atoms with Gasteiger partial charge in [0.25, 0.3) is 0 Å². The van der Waals surface area contributed by atoms with E-state index in [4.69, 9.17) is 4.74 Å². The van der Waals surface area contributed by atoms with Gasteiger partial charge in [0, 0.05) is 17.2 Å². The van der Waals surface area contributed by atoms with Crippen LogP contribution in [0.1, 0.15) is 19.8 Å². The fourth-order valence-electron chi connectivity index (χ4n) is 2.12. The van der Waals surface area contributed by atoms with Gasteiger partial charge in [0.15, 0.2) is 11.6 Å². The summed E-state index contributed by atoms with van der Waals surface area (Å²) in [5, 5.41) is 0. The summed E-state index contributed by atoms with van der Waals surface area (Å²) in [6.45, 7) is 2.71. The van der Waals surface area contributed by atoms with E-state index in [1.54, 1.807) is 11.8 Å². The molecule has 0 bridgehead atoms. The molecule has 1 aliphatic heterocycles. The zero-order valence-corrected chi connectivity index (χ0v) is 11.6. The van der Waals surface area contributed by atoms with Crippen LogP contribution in [-0.4, -0.2) is 30.1 Å². The van der Waals surface area contributed by atoms with Crippen molar-refractivity contribution in [2.75, 3.05) is 18.1 Å². The molecular formula is C12H14BrFN2O2. The standard InChI is InChI=1S/C12H14BrFN2O2/c1-2-18-12(17)10-4-3-5-16(10)11-9(14)6-8(13)7-15-11/h6-7,10H,2-5H2,1H3. The summed E-state index contributed by atoms with van der Waals surface area (Å²) in [5.74, 6) is -0.520. The summed E-state index contributed by atoms with van der Waals surface area (Å²) < 4.78 is 19.4. The number of carbonyl (C=O) groups is 1. The zero-order chi connectivity index (χ0) is 13.1. The van der Waals surface area contributed by atoms with Gasteiger partial charge in [-0.25, -0.2) is 14.2 Å². The molecule has 0 radical (unpaired) electrons. The minimum atomic E-state index is -0.430. The van der Waals surface area contributed by atoms with Crippen molar-refractivity contribution in [3.8, 4) is 0 Å². The molecule has 6 heteroatoms. The number of aromatic nitrogens is 1. The van der Waals surface area contributed by atoms with Crippen LogP contribution in [0.3, 0.4) is 0 Å². The van der Waals surface area contributed by atoms with E-state index < -0.39 is 11.9 Å². The smallest absolute Gasteiger partial charge is 0.328 e. The number of hydrogen-bond donors (Lipinski definition) is 0. The van der Waals surface area contributed by atoms with Crippen LogP contribution in [0.15, 0.2) is 16.7 Å². The van der Waals surface area contributed by atoms with Crippen LogP contribution in [0.4, 0.5) is 10.2 Å². The Hall–Kier alpha value is -1.17. The number of carbonyl (C=O) groups excluding carboxylic acids is 1. The predicted molar refractivity (Wildman–Crippen MR) is 68.9 cm³/mol. The third-order valence-electron chi connectivity index (χ3n) is 2.87. The summed E-state index contributed by atoms with van der Waals surface area (Å²) in [6.07, 6.45) is 3.04. The molecule has 98 valence electrons. The van der Waals surface area contributed by atoms with Gasteiger partial charge >= 0.3 is 5.97 Å². The number of hydrogen-bond acceptors (Lipinski definition) is 4. The quantitative estimate of drug-likeness (QED) is 0.804. The third-order valence-corrected chi connectivity index (χ3v) is 3.31. The van der Waals surface area contributed by atoms with Gasteiger partial charge in [-0.05, 0) is 41.8 Å². The lowest BCUT2D eigenvalue weighted by Gasteiger charge is -2.24. The average Bonchev–Trinajstić information content (AvgIpc) is 2.78. The molecule has 2 heterocycles. The van der Waals surface area contributed by atoms with Crippen LogP contribution in [0.2, 0.25) is 0 Å². The first-order chi connectivity index (χ1) is 8.63. The number of halogens is 2. The number of nitrogens with zero attached hydrogens (tertiary/aromatic N) is 2. The third kappa shape index (κ3) is 2.63. The molecule has 0 amide bonds. The number of esters is 1. The minimum Gasteiger partial charge on any atom is -0.464 e. The topological polar surface area (TPSA) is 42.4 Å². The molecule has 1 saturated heterocycles. The average molecular weight is 317 g/mol. The zero-order valence-electron chi connectivity index (χ0n) is 10.0. The van der Waals surface area contributed by atoms with E-state index in [2.05, 4.69) is 20.9 Å². The second-order valence-corrected chi connectivity index (χ2v) is 4.98. The highest BCUT2D eigenvalue weighted by Crippen LogP contribution is 2.28. The van der Waals surface area contributed by atoms with Gasteiger partial charge in [-0.15, -0.1) is 0 Å². The van der Waals surface area contributed by atoms with Crippen molar-refractivity contribution in [1.29, 1.82) is 0 Å². The summed E-state index contributed by atoms with van der Waals surface area (Å²) in [4.78, 5) is 17.5. The van der Waals surface area contributed by atoms with Crippen molar-refractivity contribution >= 4 is 27.7 Å². The molecule has 0 aliphatic carbocycles. The number of pyridine rings is 1. The molecule has 0 N–H and O–H groups in total. The second-order valence-electron chi connectivity index (χ2n) is 4.06. The highest BCUT2D eigenvalue weighted by Gasteiger charge is 2.34. The first kappa shape index (κ1) is 13.3. The van der Waals surface area contributed by atoms with Crippen molar-refractivity contribution in [2.24, 2.45) is 0 Å². The number of ether oxygens (including phenoxy) is 1. The van der Waals surface area contributed by atoms with E-state index in [1.165, 1.54) is 12.3 Å². The first-order valence-electron chi connectivity index (χ1n) is 5.87. The Morgan fingerprint density at radius 1 is 1.72 bits per heavy atom. The molecule has 0 saturated carbocycles. The van der Waals surface area contributed by atoms with Crippen molar-refractivity contribution < 1.29 is 13.9 Å². The molecular weight excluding hydrogens is 303 g/mol. The highest BCUT2D eigenvalue weighted by molar-refractivity contribution is 9.10. The van der Waals surface area contributed by atoms with Crippen LogP contribution in [0.5, 0.6) is 0 Å². The van der Waals surface area contributed by atoms with Crippen molar-refractivity contribution in [3.63, 3.8) is 0 Å². The SMILES string of the molecule is CCOC(=O)C1CCCN1c1ncc(Br)cc1F. The summed E-state index contributed by atoms with van der Waals surface area (Å²) in [5.41, 5.74) is 0. The molecule has 1 aromatic rings. The molecule has 1 aromatic heterocycles. The van der Waals surface area contributed by atoms with Crippen LogP contribution < -0.4 is 4.90 Å². The first-order valence-corrected chi connectivity index (χ1v) is 6.67. The lowest BCUT2D eigenvalue weighted by atomic mass is 10.2. The van der Waals surface area contributed by atoms with Gasteiger partial charge in [0.1, 0.15) is 6.04 Å². The second kappa shape index (κ2) is 5.65. The maximum Gasteiger partial charge on any atom is 0.328 e. The van der Waals surface area contributed by atoms with Crippen LogP contribution in [0.25, 0.3) is 0 Å². The fraction of sp³-hybridized carbons (Fsp3) is 0.500. The monoisotopic (exact) mass is 316 g/mol. The molecule has 0 aromatic carbocycles. The molecule has 2 rings (SSSR count). The van der Waals surface area contributed by atoms with Gasteiger partial charge in [-0.1, -0.05) is 0 Å². The van der Waals surface area contributed by atoms with E-state index in [0.29, 0.717) is 24.0 Å². The maximum absolute atomic E-state index is 13.8. The molecule has 0 spiro atoms. The Bertz CT molecular complexity index is 456. The molecule has 1 fully saturated rings. The van der Waals surface area contributed by atoms with E-state index >= 15 is 0 Å². The molecule has 1 aliphatic rings. The molecule has 1 atom stereocenters. The van der Waals surface area contributed by atoms with Gasteiger partial charge in [0.05, 0.1) is 6.61 Å². The van der Waals surface area contributed by atoms with Crippen molar-refractivity contribution in [3.05, 3.63) is 22.6 Å². The van der Waals surface area contributed by atoms with Crippen LogP contribution in [-0.2, 0) is 9.53 Å². The molecule has 1 unspecified atom stereocenters. The van der Waals surface area contributed by atoms with Gasteiger partial charge in [-0.2, -0.15) is 0 Å². The van der Waals surface area contributed by atoms with Crippen LogP contribution >= 0.6 is 15.9 Å². The number of rotatable bonds is 3. The Labute approximate surface area is 113 Å². The maximum atomic E-state index is 13.8. The Morgan fingerprint density at radius 2 is 2.50 bits per heavy atom. The van der Waals surface area contributed by atoms with E-state index in [0.717, 1.165) is 6.42 Å². The molecule has 4 nitrogen and oxygen atoms in total. The van der Waals surface area contributed by atoms with Gasteiger partial charge < -0.3 is 9.64 Å². The summed E-state index contributed by atoms with van der Waals surface area (Å²) in [6, 6.07) is 0.927. The highest BCUT2D eigenvalue weighted by atomic mass is 79.9. The molecule has 18 heavy (non-hydrogen) atoms. The largest absolute Gasteiger partial charge is 0.464 e. The van der Waals surface area contributed by atoms with E-state index in [-0.39, 0.29) is 11.8 Å². The predicted octanol–water partition coefficient (Wildman–Crippen LogP) is 2.52. The van der Waals surface area contributed by atoms with Crippen molar-refractivity contribution in [1.82, 2.24) is 4.98 Å². The van der Waals surface area contributed by atoms with Crippen molar-refractivity contribution in [2.45, 2.75) is 25.8 Å². The fourth-order valence-corrected chi connectivity index (χ4v) is 2.43. The summed E-state index contributed by atoms with van der Waals surface area (Å²) in [7, 11) is 0. The van der Waals surface area contributed by atoms with E-state index in [1.807, 2.05) is 0 Å². The Kier molecular flexibility index (Phi) is 4.16. The minimum absolute atomic E-state index is 0.216. The Balaban J connectivity index is 2.23. The van der Waals surface area contributed by atoms with Crippen LogP contribution in [0, 0.1) is 5.82 Å². The van der Waals surface area contributed by atoms with Gasteiger partial charge in [0.2, 0.25) is 0 Å². The summed E-state index contributed by atoms with van der Waals surface area (Å²) >= 11 is 3.16. The lowest BCUT2D eigenvalue weighted by Crippen LogP contribution is -2.38. The normalized spacial score (nSPS) is 19.1. The Morgan fingerprint density at radius 3 is 3.17 bits per heavy atom. The number of anilines is 1. The lowest BCUT2D eigenvalue weighted by molar-refractivity contribution is -0.144. The van der Waals surface area contributed by atoms with E-state index in [9.17, 15) is 9.18 Å². The van der Waals surface area contributed by atoms with Gasteiger partial charge in [-0.3, -0.25) is 0 Å².